The Kier molecular flexibility index (Phi) is 6.91. The standard InChI is InChI=1S/C21H23N3O7/c1-29-15-6-8-19(30-2)17(12-15)22-20(25)13-31-21(26)16-11-14(24(27)28)5-7-18(16)23-9-3-4-10-23/h5-8,11-12H,3-4,9-10,13H2,1-2H3,(H,22,25). The van der Waals surface area contributed by atoms with Gasteiger partial charge in [-0.3, -0.25) is 14.9 Å². The summed E-state index contributed by atoms with van der Waals surface area (Å²) in [5.74, 6) is -0.471. The van der Waals surface area contributed by atoms with Gasteiger partial charge in [0, 0.05) is 31.3 Å². The van der Waals surface area contributed by atoms with Gasteiger partial charge in [-0.2, -0.15) is 0 Å². The highest BCUT2D eigenvalue weighted by atomic mass is 16.6. The second-order valence-corrected chi connectivity index (χ2v) is 6.84. The van der Waals surface area contributed by atoms with Crippen LogP contribution >= 0.6 is 0 Å². The molecule has 0 radical (unpaired) electrons. The van der Waals surface area contributed by atoms with Crippen molar-refractivity contribution in [1.82, 2.24) is 0 Å². The van der Waals surface area contributed by atoms with Gasteiger partial charge >= 0.3 is 5.97 Å². The number of hydrogen-bond acceptors (Lipinski definition) is 8. The predicted molar refractivity (Wildman–Crippen MR) is 113 cm³/mol. The number of anilines is 2. The Morgan fingerprint density at radius 1 is 1.10 bits per heavy atom. The molecule has 0 aromatic heterocycles. The summed E-state index contributed by atoms with van der Waals surface area (Å²) in [4.78, 5) is 37.6. The minimum atomic E-state index is -0.807. The molecule has 3 rings (SSSR count). The van der Waals surface area contributed by atoms with Gasteiger partial charge < -0.3 is 24.4 Å². The van der Waals surface area contributed by atoms with Crippen LogP contribution < -0.4 is 19.7 Å². The van der Waals surface area contributed by atoms with Crippen LogP contribution in [0.3, 0.4) is 0 Å². The van der Waals surface area contributed by atoms with E-state index in [1.165, 1.54) is 26.4 Å². The molecule has 2 aromatic carbocycles. The highest BCUT2D eigenvalue weighted by Gasteiger charge is 2.24. The molecule has 1 saturated heterocycles. The minimum absolute atomic E-state index is 0.0582. The number of carbonyl (C=O) groups is 2. The molecule has 31 heavy (non-hydrogen) atoms. The summed E-state index contributed by atoms with van der Waals surface area (Å²) in [5.41, 5.74) is 0.752. The van der Waals surface area contributed by atoms with Crippen LogP contribution in [-0.2, 0) is 9.53 Å². The van der Waals surface area contributed by atoms with Crippen molar-refractivity contribution in [1.29, 1.82) is 0 Å². The number of nitro benzene ring substituents is 1. The lowest BCUT2D eigenvalue weighted by Crippen LogP contribution is -2.24. The zero-order valence-corrected chi connectivity index (χ0v) is 17.3. The third-order valence-corrected chi connectivity index (χ3v) is 4.87. The van der Waals surface area contributed by atoms with Gasteiger partial charge in [0.25, 0.3) is 11.6 Å². The molecule has 1 N–H and O–H groups in total. The number of methoxy groups -OCH3 is 2. The maximum atomic E-state index is 12.7. The van der Waals surface area contributed by atoms with Crippen LogP contribution in [0.2, 0.25) is 0 Å². The summed E-state index contributed by atoms with van der Waals surface area (Å²) in [6, 6.07) is 8.96. The van der Waals surface area contributed by atoms with Crippen molar-refractivity contribution in [2.24, 2.45) is 0 Å². The van der Waals surface area contributed by atoms with Crippen LogP contribution in [0.4, 0.5) is 17.1 Å². The Hall–Kier alpha value is -3.82. The van der Waals surface area contributed by atoms with Crippen LogP contribution in [0, 0.1) is 10.1 Å². The molecule has 0 aliphatic carbocycles. The molecule has 10 nitrogen and oxygen atoms in total. The van der Waals surface area contributed by atoms with Gasteiger partial charge in [-0.25, -0.2) is 4.79 Å². The first-order valence-electron chi connectivity index (χ1n) is 9.65. The molecule has 1 aliphatic rings. The van der Waals surface area contributed by atoms with Gasteiger partial charge in [-0.1, -0.05) is 0 Å². The Balaban J connectivity index is 1.72. The van der Waals surface area contributed by atoms with Crippen molar-refractivity contribution < 1.29 is 28.7 Å². The van der Waals surface area contributed by atoms with E-state index < -0.39 is 23.4 Å². The van der Waals surface area contributed by atoms with E-state index in [0.29, 0.717) is 22.9 Å². The first-order chi connectivity index (χ1) is 14.9. The Labute approximate surface area is 178 Å². The molecule has 1 amide bonds. The molecule has 0 spiro atoms. The highest BCUT2D eigenvalue weighted by Crippen LogP contribution is 2.30. The SMILES string of the molecule is COc1ccc(OC)c(NC(=O)COC(=O)c2cc([N+](=O)[O-])ccc2N2CCCC2)c1. The number of amides is 1. The molecule has 0 unspecified atom stereocenters. The predicted octanol–water partition coefficient (Wildman–Crippen LogP) is 3.01. The van der Waals surface area contributed by atoms with E-state index in [9.17, 15) is 19.7 Å². The second kappa shape index (κ2) is 9.79. The van der Waals surface area contributed by atoms with Crippen molar-refractivity contribution in [3.05, 3.63) is 52.1 Å². The molecule has 0 atom stereocenters. The van der Waals surface area contributed by atoms with Crippen LogP contribution in [0.15, 0.2) is 36.4 Å². The lowest BCUT2D eigenvalue weighted by Gasteiger charge is -2.20. The quantitative estimate of drug-likeness (QED) is 0.386. The number of esters is 1. The molecule has 1 aliphatic heterocycles. The van der Waals surface area contributed by atoms with Gasteiger partial charge in [0.1, 0.15) is 11.5 Å². The fraction of sp³-hybridized carbons (Fsp3) is 0.333. The maximum absolute atomic E-state index is 12.7. The lowest BCUT2D eigenvalue weighted by atomic mass is 10.1. The van der Waals surface area contributed by atoms with Gasteiger partial charge in [0.05, 0.1) is 36.1 Å². The zero-order valence-electron chi connectivity index (χ0n) is 17.3. The third kappa shape index (κ3) is 5.21. The van der Waals surface area contributed by atoms with Crippen LogP contribution in [0.25, 0.3) is 0 Å². The van der Waals surface area contributed by atoms with E-state index in [4.69, 9.17) is 14.2 Å². The summed E-state index contributed by atoms with van der Waals surface area (Å²) < 4.78 is 15.5. The van der Waals surface area contributed by atoms with Gasteiger partial charge in [0.15, 0.2) is 6.61 Å². The molecule has 1 fully saturated rings. The van der Waals surface area contributed by atoms with Gasteiger partial charge in [0.2, 0.25) is 0 Å². The van der Waals surface area contributed by atoms with E-state index in [-0.39, 0.29) is 11.3 Å². The largest absolute Gasteiger partial charge is 0.497 e. The average molecular weight is 429 g/mol. The van der Waals surface area contributed by atoms with E-state index in [1.54, 1.807) is 24.3 Å². The Bertz CT molecular complexity index is 987. The number of rotatable bonds is 8. The highest BCUT2D eigenvalue weighted by molar-refractivity contribution is 5.99. The molecule has 0 bridgehead atoms. The molecule has 0 saturated carbocycles. The van der Waals surface area contributed by atoms with E-state index in [0.717, 1.165) is 25.9 Å². The molecular weight excluding hydrogens is 406 g/mol. The van der Waals surface area contributed by atoms with Crippen molar-refractivity contribution in [3.63, 3.8) is 0 Å². The summed E-state index contributed by atoms with van der Waals surface area (Å²) in [5, 5.41) is 13.7. The Morgan fingerprint density at radius 3 is 2.48 bits per heavy atom. The van der Waals surface area contributed by atoms with Crippen molar-refractivity contribution in [2.75, 3.05) is 44.1 Å². The first kappa shape index (κ1) is 21.9. The van der Waals surface area contributed by atoms with E-state index in [2.05, 4.69) is 5.32 Å². The van der Waals surface area contributed by atoms with E-state index in [1.807, 2.05) is 4.90 Å². The number of benzene rings is 2. The number of non-ortho nitro benzene ring substituents is 1. The molecular formula is C21H23N3O7. The zero-order chi connectivity index (χ0) is 22.4. The normalized spacial score (nSPS) is 12.9. The van der Waals surface area contributed by atoms with E-state index >= 15 is 0 Å². The summed E-state index contributed by atoms with van der Waals surface area (Å²) >= 11 is 0. The fourth-order valence-corrected chi connectivity index (χ4v) is 3.34. The average Bonchev–Trinajstić information content (AvgIpc) is 3.31. The van der Waals surface area contributed by atoms with Crippen molar-refractivity contribution in [3.8, 4) is 11.5 Å². The molecule has 164 valence electrons. The molecule has 2 aromatic rings. The monoisotopic (exact) mass is 429 g/mol. The first-order valence-corrected chi connectivity index (χ1v) is 9.65. The second-order valence-electron chi connectivity index (χ2n) is 6.84. The van der Waals surface area contributed by atoms with Gasteiger partial charge in [-0.05, 0) is 31.0 Å². The number of carbonyl (C=O) groups excluding carboxylic acids is 2. The Morgan fingerprint density at radius 2 is 1.84 bits per heavy atom. The summed E-state index contributed by atoms with van der Waals surface area (Å²) in [7, 11) is 2.95. The number of nitrogens with one attached hydrogen (secondary N) is 1. The molecule has 10 heteroatoms. The summed E-state index contributed by atoms with van der Waals surface area (Å²) in [6.45, 7) is 0.920. The van der Waals surface area contributed by atoms with Gasteiger partial charge in [-0.15, -0.1) is 0 Å². The number of ether oxygens (including phenoxy) is 3. The fourth-order valence-electron chi connectivity index (χ4n) is 3.34. The topological polar surface area (TPSA) is 120 Å². The lowest BCUT2D eigenvalue weighted by molar-refractivity contribution is -0.384. The van der Waals surface area contributed by atoms with Crippen LogP contribution in [0.1, 0.15) is 23.2 Å². The molecule has 1 heterocycles. The number of nitro groups is 1. The van der Waals surface area contributed by atoms with Crippen LogP contribution in [-0.4, -0.2) is 50.7 Å². The summed E-state index contributed by atoms with van der Waals surface area (Å²) in [6.07, 6.45) is 1.94. The third-order valence-electron chi connectivity index (χ3n) is 4.87. The smallest absolute Gasteiger partial charge is 0.341 e. The minimum Gasteiger partial charge on any atom is -0.497 e. The van der Waals surface area contributed by atoms with Crippen molar-refractivity contribution in [2.45, 2.75) is 12.8 Å². The maximum Gasteiger partial charge on any atom is 0.341 e. The number of nitrogens with zero attached hydrogens (tertiary/aromatic N) is 2. The van der Waals surface area contributed by atoms with Crippen LogP contribution in [0.5, 0.6) is 11.5 Å². The van der Waals surface area contributed by atoms with Crippen molar-refractivity contribution >= 4 is 28.9 Å². The number of hydrogen-bond donors (Lipinski definition) is 1.